The molecule has 1 aliphatic heterocycles. The first-order valence-corrected chi connectivity index (χ1v) is 10.8. The number of aliphatic hydroxyl groups excluding tert-OH is 1. The molecule has 0 aromatic carbocycles. The number of carbonyl (C=O) groups excluding carboxylic acids is 2. The highest BCUT2D eigenvalue weighted by Crippen LogP contribution is 2.30. The first-order valence-electron chi connectivity index (χ1n) is 9.90. The van der Waals surface area contributed by atoms with Gasteiger partial charge in [-0.3, -0.25) is 14.8 Å². The molecule has 168 valence electrons. The number of nitrogens with one attached hydrogen (secondary N) is 2. The second kappa shape index (κ2) is 9.86. The van der Waals surface area contributed by atoms with E-state index in [-0.39, 0.29) is 12.3 Å². The largest absolute Gasteiger partial charge is 0.383 e. The summed E-state index contributed by atoms with van der Waals surface area (Å²) in [5.74, 6) is -1.97. The molecule has 9 nitrogen and oxygen atoms in total. The van der Waals surface area contributed by atoms with Gasteiger partial charge in [-0.15, -0.1) is 16.4 Å². The van der Waals surface area contributed by atoms with E-state index in [0.29, 0.717) is 5.90 Å². The van der Waals surface area contributed by atoms with Crippen molar-refractivity contribution in [3.8, 4) is 0 Å². The highest BCUT2D eigenvalue weighted by Gasteiger charge is 2.43. The number of rotatable bonds is 8. The van der Waals surface area contributed by atoms with Gasteiger partial charge in [0, 0.05) is 7.05 Å². The number of hydrogen-bond acceptors (Lipinski definition) is 8. The highest BCUT2D eigenvalue weighted by molar-refractivity contribution is 7.12. The minimum absolute atomic E-state index is 0.0518. The highest BCUT2D eigenvalue weighted by atomic mass is 32.1. The number of nitrogens with zero attached hydrogens (tertiary/aromatic N) is 2. The summed E-state index contributed by atoms with van der Waals surface area (Å²) in [6, 6.07) is 3.35. The molecule has 0 radical (unpaired) electrons. The topological polar surface area (TPSA) is 123 Å². The molecule has 4 atom stereocenters. The van der Waals surface area contributed by atoms with E-state index < -0.39 is 41.5 Å². The number of hydrogen-bond donors (Lipinski definition) is 4. The maximum absolute atomic E-state index is 13.1. The Bertz CT molecular complexity index is 760. The molecule has 2 amide bonds. The SMILES string of the molecule is CC(C)CC(C(=O)NC(C1N=C(c2cccs2)ON1C)C(C)(C)C)C(O)C(=O)NO. The smallest absolute Gasteiger partial charge is 0.272 e. The van der Waals surface area contributed by atoms with E-state index in [2.05, 4.69) is 10.3 Å². The van der Waals surface area contributed by atoms with Crippen LogP contribution in [-0.4, -0.2) is 58.4 Å². The van der Waals surface area contributed by atoms with Crippen LogP contribution in [0.3, 0.4) is 0 Å². The minimum atomic E-state index is -1.67. The summed E-state index contributed by atoms with van der Waals surface area (Å²) >= 11 is 1.51. The van der Waals surface area contributed by atoms with Gasteiger partial charge in [0.05, 0.1) is 16.8 Å². The van der Waals surface area contributed by atoms with Crippen LogP contribution in [0.4, 0.5) is 0 Å². The number of likely N-dealkylation sites (N-methyl/N-ethyl adjacent to an activating group) is 1. The third kappa shape index (κ3) is 5.78. The fourth-order valence-electron chi connectivity index (χ4n) is 3.34. The quantitative estimate of drug-likeness (QED) is 0.361. The molecule has 30 heavy (non-hydrogen) atoms. The number of hydroxylamine groups is 3. The molecule has 4 unspecified atom stereocenters. The number of carbonyl (C=O) groups is 2. The van der Waals surface area contributed by atoms with Crippen LogP contribution in [0.15, 0.2) is 22.5 Å². The molecular formula is C20H32N4O5S. The zero-order chi connectivity index (χ0) is 22.6. The molecule has 1 aromatic heterocycles. The van der Waals surface area contributed by atoms with Crippen LogP contribution in [0.25, 0.3) is 0 Å². The van der Waals surface area contributed by atoms with Gasteiger partial charge in [-0.05, 0) is 29.2 Å². The summed E-state index contributed by atoms with van der Waals surface area (Å²) < 4.78 is 0. The van der Waals surface area contributed by atoms with Crippen molar-refractivity contribution in [1.82, 2.24) is 15.9 Å². The lowest BCUT2D eigenvalue weighted by molar-refractivity contribution is -0.148. The molecule has 4 N–H and O–H groups in total. The number of amides is 2. The Balaban J connectivity index is 2.28. The van der Waals surface area contributed by atoms with Gasteiger partial charge < -0.3 is 15.3 Å². The first-order chi connectivity index (χ1) is 14.0. The summed E-state index contributed by atoms with van der Waals surface area (Å²) in [6.07, 6.45) is -1.88. The van der Waals surface area contributed by atoms with Gasteiger partial charge in [-0.2, -0.15) is 0 Å². The van der Waals surface area contributed by atoms with E-state index in [1.807, 2.05) is 52.1 Å². The Morgan fingerprint density at radius 3 is 2.50 bits per heavy atom. The average Bonchev–Trinajstić information content (AvgIpc) is 3.31. The fourth-order valence-corrected chi connectivity index (χ4v) is 3.99. The lowest BCUT2D eigenvalue weighted by Crippen LogP contribution is -2.57. The van der Waals surface area contributed by atoms with E-state index in [1.165, 1.54) is 16.8 Å². The van der Waals surface area contributed by atoms with Crippen LogP contribution in [-0.2, 0) is 14.4 Å². The van der Waals surface area contributed by atoms with Gasteiger partial charge in [0.1, 0.15) is 6.10 Å². The number of aliphatic hydroxyl groups is 1. The van der Waals surface area contributed by atoms with Crippen molar-refractivity contribution >= 4 is 29.0 Å². The van der Waals surface area contributed by atoms with E-state index >= 15 is 0 Å². The Morgan fingerprint density at radius 1 is 1.33 bits per heavy atom. The van der Waals surface area contributed by atoms with Gasteiger partial charge in [0.2, 0.25) is 5.91 Å². The predicted octanol–water partition coefficient (Wildman–Crippen LogP) is 1.76. The summed E-state index contributed by atoms with van der Waals surface area (Å²) in [6.45, 7) is 9.69. The van der Waals surface area contributed by atoms with Crippen molar-refractivity contribution in [1.29, 1.82) is 0 Å². The van der Waals surface area contributed by atoms with Crippen molar-refractivity contribution in [2.24, 2.45) is 22.2 Å². The number of aliphatic imine (C=N–C) groups is 1. The molecule has 0 saturated carbocycles. The third-order valence-corrected chi connectivity index (χ3v) is 5.79. The lowest BCUT2D eigenvalue weighted by atomic mass is 9.83. The van der Waals surface area contributed by atoms with Crippen molar-refractivity contribution in [3.63, 3.8) is 0 Å². The van der Waals surface area contributed by atoms with Gasteiger partial charge >= 0.3 is 0 Å². The molecule has 0 fully saturated rings. The van der Waals surface area contributed by atoms with E-state index in [0.717, 1.165) is 4.88 Å². The van der Waals surface area contributed by atoms with Crippen LogP contribution in [0.1, 0.15) is 45.9 Å². The predicted molar refractivity (Wildman–Crippen MR) is 114 cm³/mol. The monoisotopic (exact) mass is 440 g/mol. The molecule has 1 aromatic rings. The van der Waals surface area contributed by atoms with Gasteiger partial charge in [0.25, 0.3) is 11.8 Å². The zero-order valence-corrected chi connectivity index (χ0v) is 19.1. The van der Waals surface area contributed by atoms with Gasteiger partial charge in [0.15, 0.2) is 6.17 Å². The van der Waals surface area contributed by atoms with Crippen molar-refractivity contribution < 1.29 is 24.7 Å². The molecule has 0 saturated heterocycles. The average molecular weight is 441 g/mol. The second-order valence-corrected chi connectivity index (χ2v) is 9.92. The Hall–Kier alpha value is -2.01. The van der Waals surface area contributed by atoms with Crippen LogP contribution in [0.5, 0.6) is 0 Å². The van der Waals surface area contributed by atoms with Crippen molar-refractivity contribution in [3.05, 3.63) is 22.4 Å². The Morgan fingerprint density at radius 2 is 2.00 bits per heavy atom. The lowest BCUT2D eigenvalue weighted by Gasteiger charge is -2.37. The standard InChI is InChI=1S/C20H32N4O5S/c1-11(2)10-12(14(25)18(27)23-28)17(26)21-15(20(3,4)5)16-22-19(29-24(16)6)13-8-7-9-30-13/h7-9,11-12,14-16,25,28H,10H2,1-6H3,(H,21,26)(H,23,27). The molecular weight excluding hydrogens is 408 g/mol. The summed E-state index contributed by atoms with van der Waals surface area (Å²) in [4.78, 5) is 36.3. The Kier molecular flexibility index (Phi) is 7.98. The van der Waals surface area contributed by atoms with E-state index in [9.17, 15) is 14.7 Å². The molecule has 0 bridgehead atoms. The minimum Gasteiger partial charge on any atom is -0.383 e. The van der Waals surface area contributed by atoms with Crippen LogP contribution in [0.2, 0.25) is 0 Å². The van der Waals surface area contributed by atoms with Crippen molar-refractivity contribution in [2.45, 2.75) is 59.4 Å². The van der Waals surface area contributed by atoms with Crippen LogP contribution < -0.4 is 10.8 Å². The second-order valence-electron chi connectivity index (χ2n) is 8.97. The molecule has 0 aliphatic carbocycles. The normalized spacial score (nSPS) is 20.3. The van der Waals surface area contributed by atoms with Crippen LogP contribution in [0, 0.1) is 17.3 Å². The first kappa shape index (κ1) is 24.3. The number of thiophene rings is 1. The van der Waals surface area contributed by atoms with Crippen LogP contribution >= 0.6 is 11.3 Å². The van der Waals surface area contributed by atoms with Crippen molar-refractivity contribution in [2.75, 3.05) is 7.05 Å². The molecule has 0 spiro atoms. The maximum Gasteiger partial charge on any atom is 0.272 e. The molecule has 2 heterocycles. The summed E-state index contributed by atoms with van der Waals surface area (Å²) in [7, 11) is 1.75. The maximum atomic E-state index is 13.1. The molecule has 1 aliphatic rings. The third-order valence-electron chi connectivity index (χ3n) is 4.94. The molecule has 2 rings (SSSR count). The Labute approximate surface area is 181 Å². The van der Waals surface area contributed by atoms with Gasteiger partial charge in [-0.25, -0.2) is 10.5 Å². The van der Waals surface area contributed by atoms with Gasteiger partial charge in [-0.1, -0.05) is 40.7 Å². The van der Waals surface area contributed by atoms with E-state index in [1.54, 1.807) is 12.1 Å². The summed E-state index contributed by atoms with van der Waals surface area (Å²) in [5, 5.41) is 25.7. The zero-order valence-electron chi connectivity index (χ0n) is 18.2. The fraction of sp³-hybridized carbons (Fsp3) is 0.650. The molecule has 10 heteroatoms. The summed E-state index contributed by atoms with van der Waals surface area (Å²) in [5.41, 5.74) is 1.02. The van der Waals surface area contributed by atoms with E-state index in [4.69, 9.17) is 10.0 Å².